The number of benzene rings is 2. The maximum atomic E-state index is 6.10. The molecule has 0 saturated carbocycles. The smallest absolute Gasteiger partial charge is 0.193 e. The second-order valence-electron chi connectivity index (χ2n) is 4.72. The van der Waals surface area contributed by atoms with Gasteiger partial charge in [-0.3, -0.25) is 0 Å². The van der Waals surface area contributed by atoms with Crippen LogP contribution in [0.2, 0.25) is 5.02 Å². The zero-order valence-electron chi connectivity index (χ0n) is 10.4. The number of pyridine rings is 1. The Morgan fingerprint density at radius 1 is 1.00 bits per heavy atom. The minimum Gasteiger partial charge on any atom is -0.193 e. The van der Waals surface area contributed by atoms with E-state index in [0.29, 0.717) is 0 Å². The summed E-state index contributed by atoms with van der Waals surface area (Å²) >= 11 is 7.93. The molecule has 0 aliphatic carbocycles. The number of aryl methyl sites for hydroxylation is 1. The maximum absolute atomic E-state index is 6.10. The van der Waals surface area contributed by atoms with Gasteiger partial charge >= 0.3 is 0 Å². The van der Waals surface area contributed by atoms with Crippen molar-refractivity contribution in [3.8, 4) is 0 Å². The van der Waals surface area contributed by atoms with Crippen molar-refractivity contribution in [3.05, 3.63) is 53.6 Å². The van der Waals surface area contributed by atoms with E-state index in [9.17, 15) is 0 Å². The van der Waals surface area contributed by atoms with Gasteiger partial charge in [0.25, 0.3) is 0 Å². The van der Waals surface area contributed by atoms with Gasteiger partial charge in [-0.2, -0.15) is 4.57 Å². The van der Waals surface area contributed by atoms with Crippen LogP contribution in [-0.2, 0) is 7.05 Å². The standard InChI is InChI=1S/C16H11ClNS/c1-18-13-7-6-11(17)8-10(13)9-15-16(18)12-4-2-3-5-14(12)19-15/h2-9H,1H3/q+1. The second-order valence-corrected chi connectivity index (χ2v) is 6.24. The lowest BCUT2D eigenvalue weighted by molar-refractivity contribution is -0.616. The summed E-state index contributed by atoms with van der Waals surface area (Å²) in [6.07, 6.45) is 0. The van der Waals surface area contributed by atoms with Gasteiger partial charge in [-0.05, 0) is 30.3 Å². The molecule has 19 heavy (non-hydrogen) atoms. The van der Waals surface area contributed by atoms with Crippen LogP contribution in [0.4, 0.5) is 0 Å². The lowest BCUT2D eigenvalue weighted by Gasteiger charge is -1.99. The topological polar surface area (TPSA) is 3.88 Å². The lowest BCUT2D eigenvalue weighted by atomic mass is 10.1. The van der Waals surface area contributed by atoms with E-state index in [1.54, 1.807) is 0 Å². The van der Waals surface area contributed by atoms with Crippen molar-refractivity contribution in [2.24, 2.45) is 7.05 Å². The molecule has 0 spiro atoms. The van der Waals surface area contributed by atoms with Crippen LogP contribution >= 0.6 is 22.9 Å². The Balaban J connectivity index is 2.30. The Hall–Kier alpha value is -1.64. The van der Waals surface area contributed by atoms with E-state index < -0.39 is 0 Å². The monoisotopic (exact) mass is 284 g/mol. The summed E-state index contributed by atoms with van der Waals surface area (Å²) < 4.78 is 4.90. The molecule has 2 aromatic heterocycles. The Morgan fingerprint density at radius 3 is 2.74 bits per heavy atom. The molecule has 0 radical (unpaired) electrons. The third-order valence-corrected chi connectivity index (χ3v) is 4.91. The van der Waals surface area contributed by atoms with Crippen LogP contribution in [0.15, 0.2) is 48.5 Å². The lowest BCUT2D eigenvalue weighted by Crippen LogP contribution is -2.29. The van der Waals surface area contributed by atoms with E-state index in [4.69, 9.17) is 11.6 Å². The zero-order valence-corrected chi connectivity index (χ0v) is 11.9. The number of aromatic nitrogens is 1. The summed E-state index contributed by atoms with van der Waals surface area (Å²) in [4.78, 5) is 0. The second kappa shape index (κ2) is 3.92. The van der Waals surface area contributed by atoms with E-state index in [0.717, 1.165) is 5.02 Å². The van der Waals surface area contributed by atoms with Crippen LogP contribution < -0.4 is 4.57 Å². The Bertz CT molecular complexity index is 940. The number of fused-ring (bicyclic) bond motifs is 4. The number of hydrogen-bond donors (Lipinski definition) is 0. The number of halogens is 1. The van der Waals surface area contributed by atoms with E-state index >= 15 is 0 Å². The van der Waals surface area contributed by atoms with Gasteiger partial charge in [-0.25, -0.2) is 0 Å². The Kier molecular flexibility index (Phi) is 2.32. The van der Waals surface area contributed by atoms with E-state index in [1.165, 1.54) is 31.2 Å². The van der Waals surface area contributed by atoms with Gasteiger partial charge in [-0.1, -0.05) is 23.7 Å². The molecule has 0 bridgehead atoms. The highest BCUT2D eigenvalue weighted by Crippen LogP contribution is 2.33. The van der Waals surface area contributed by atoms with E-state index in [1.807, 2.05) is 23.5 Å². The fourth-order valence-corrected chi connectivity index (χ4v) is 4.07. The molecule has 1 nitrogen and oxygen atoms in total. The normalized spacial score (nSPS) is 11.7. The molecule has 0 unspecified atom stereocenters. The van der Waals surface area contributed by atoms with Crippen LogP contribution in [-0.4, -0.2) is 0 Å². The van der Waals surface area contributed by atoms with Gasteiger partial charge in [0.15, 0.2) is 0 Å². The number of hydrogen-bond acceptors (Lipinski definition) is 1. The summed E-state index contributed by atoms with van der Waals surface area (Å²) in [5.74, 6) is 0. The molecule has 0 amide bonds. The first-order valence-corrected chi connectivity index (χ1v) is 7.33. The predicted molar refractivity (Wildman–Crippen MR) is 83.0 cm³/mol. The molecule has 0 aliphatic rings. The van der Waals surface area contributed by atoms with Crippen molar-refractivity contribution in [2.75, 3.05) is 0 Å². The van der Waals surface area contributed by atoms with Crippen molar-refractivity contribution >= 4 is 54.1 Å². The maximum Gasteiger partial charge on any atom is 0.231 e. The fourth-order valence-electron chi connectivity index (χ4n) is 2.70. The molecule has 4 rings (SSSR count). The molecule has 4 aromatic rings. The van der Waals surface area contributed by atoms with Gasteiger partial charge < -0.3 is 0 Å². The summed E-state index contributed by atoms with van der Waals surface area (Å²) in [7, 11) is 2.12. The minimum atomic E-state index is 0.785. The van der Waals surface area contributed by atoms with Crippen molar-refractivity contribution in [3.63, 3.8) is 0 Å². The highest BCUT2D eigenvalue weighted by atomic mass is 35.5. The van der Waals surface area contributed by atoms with Crippen molar-refractivity contribution < 1.29 is 4.57 Å². The summed E-state index contributed by atoms with van der Waals surface area (Å²) in [6.45, 7) is 0. The molecular weight excluding hydrogens is 274 g/mol. The largest absolute Gasteiger partial charge is 0.231 e. The van der Waals surface area contributed by atoms with Gasteiger partial charge in [0, 0.05) is 21.2 Å². The molecule has 0 N–H and O–H groups in total. The fraction of sp³-hybridized carbons (Fsp3) is 0.0625. The minimum absolute atomic E-state index is 0.785. The van der Waals surface area contributed by atoms with Crippen molar-refractivity contribution in [2.45, 2.75) is 0 Å². The molecule has 0 fully saturated rings. The third kappa shape index (κ3) is 1.57. The Morgan fingerprint density at radius 2 is 1.84 bits per heavy atom. The van der Waals surface area contributed by atoms with Gasteiger partial charge in [-0.15, -0.1) is 11.3 Å². The zero-order chi connectivity index (χ0) is 13.0. The summed E-state index contributed by atoms with van der Waals surface area (Å²) in [5.41, 5.74) is 2.51. The van der Waals surface area contributed by atoms with Crippen molar-refractivity contribution in [1.82, 2.24) is 0 Å². The van der Waals surface area contributed by atoms with Crippen LogP contribution in [0.1, 0.15) is 0 Å². The molecular formula is C16H11ClNS+. The highest BCUT2D eigenvalue weighted by molar-refractivity contribution is 7.25. The number of rotatable bonds is 0. The van der Waals surface area contributed by atoms with E-state index in [-0.39, 0.29) is 0 Å². The van der Waals surface area contributed by atoms with Gasteiger partial charge in [0.1, 0.15) is 11.7 Å². The molecule has 92 valence electrons. The first-order valence-electron chi connectivity index (χ1n) is 6.13. The van der Waals surface area contributed by atoms with Crippen LogP contribution in [0.5, 0.6) is 0 Å². The van der Waals surface area contributed by atoms with Crippen LogP contribution in [0, 0.1) is 0 Å². The van der Waals surface area contributed by atoms with Crippen LogP contribution in [0.3, 0.4) is 0 Å². The quantitative estimate of drug-likeness (QED) is 0.413. The average Bonchev–Trinajstić information content (AvgIpc) is 2.76. The first-order chi connectivity index (χ1) is 9.24. The third-order valence-electron chi connectivity index (χ3n) is 3.57. The molecule has 0 aliphatic heterocycles. The Labute approximate surface area is 119 Å². The number of thiophene rings is 1. The van der Waals surface area contributed by atoms with Crippen LogP contribution in [0.25, 0.3) is 31.2 Å². The molecule has 0 atom stereocenters. The van der Waals surface area contributed by atoms with Gasteiger partial charge in [0.2, 0.25) is 11.0 Å². The molecule has 2 aromatic carbocycles. The SMILES string of the molecule is C[n+]1c2ccc(Cl)cc2cc2sc3ccccc3c21. The first kappa shape index (κ1) is 11.2. The summed E-state index contributed by atoms with van der Waals surface area (Å²) in [6, 6.07) is 16.9. The molecule has 3 heteroatoms. The summed E-state index contributed by atoms with van der Waals surface area (Å²) in [5, 5.41) is 3.30. The number of nitrogens with zero attached hydrogens (tertiary/aromatic N) is 1. The van der Waals surface area contributed by atoms with E-state index in [2.05, 4.69) is 48.0 Å². The van der Waals surface area contributed by atoms with Crippen molar-refractivity contribution in [1.29, 1.82) is 0 Å². The predicted octanol–water partition coefficient (Wildman–Crippen LogP) is 4.69. The van der Waals surface area contributed by atoms with Gasteiger partial charge in [0.05, 0.1) is 5.39 Å². The molecule has 0 saturated heterocycles. The highest BCUT2D eigenvalue weighted by Gasteiger charge is 2.17. The molecule has 2 heterocycles. The average molecular weight is 285 g/mol.